The van der Waals surface area contributed by atoms with E-state index in [0.717, 1.165) is 44.1 Å². The van der Waals surface area contributed by atoms with Gasteiger partial charge < -0.3 is 5.32 Å². The largest absolute Gasteiger partial charge is 0.316 e. The van der Waals surface area contributed by atoms with Crippen molar-refractivity contribution in [3.05, 3.63) is 0 Å². The molecule has 4 nitrogen and oxygen atoms in total. The first-order valence-electron chi connectivity index (χ1n) is 6.62. The van der Waals surface area contributed by atoms with E-state index >= 15 is 0 Å². The van der Waals surface area contributed by atoms with Gasteiger partial charge in [0.2, 0.25) is 0 Å². The molecule has 1 rings (SSSR count). The molecule has 1 unspecified atom stereocenters. The fourth-order valence-electron chi connectivity index (χ4n) is 2.06. The molecule has 0 aromatic rings. The second kappa shape index (κ2) is 7.72. The van der Waals surface area contributed by atoms with Gasteiger partial charge in [-0.3, -0.25) is 4.90 Å². The minimum atomic E-state index is -2.95. The van der Waals surface area contributed by atoms with Crippen LogP contribution in [0.5, 0.6) is 0 Å². The highest BCUT2D eigenvalue weighted by atomic mass is 32.2. The minimum Gasteiger partial charge on any atom is -0.316 e. The van der Waals surface area contributed by atoms with Crippen LogP contribution in [0.25, 0.3) is 0 Å². The average molecular weight is 294 g/mol. The molecule has 1 saturated heterocycles. The topological polar surface area (TPSA) is 49.4 Å². The summed E-state index contributed by atoms with van der Waals surface area (Å²) in [6, 6.07) is 0. The molecule has 0 amide bonds. The minimum absolute atomic E-state index is 0.277. The maximum absolute atomic E-state index is 11.7. The van der Waals surface area contributed by atoms with Gasteiger partial charge in [-0.05, 0) is 25.4 Å². The quantitative estimate of drug-likeness (QED) is 0.711. The molecule has 0 aliphatic carbocycles. The predicted molar refractivity (Wildman–Crippen MR) is 79.9 cm³/mol. The highest BCUT2D eigenvalue weighted by molar-refractivity contribution is 8.00. The molecule has 1 atom stereocenters. The van der Waals surface area contributed by atoms with Gasteiger partial charge in [0, 0.05) is 30.9 Å². The molecule has 1 fully saturated rings. The lowest BCUT2D eigenvalue weighted by molar-refractivity contribution is 0.265. The lowest BCUT2D eigenvalue weighted by Gasteiger charge is -2.33. The third-order valence-electron chi connectivity index (χ3n) is 3.04. The molecule has 0 spiro atoms. The number of nitrogens with one attached hydrogen (secondary N) is 1. The summed E-state index contributed by atoms with van der Waals surface area (Å²) in [6.45, 7) is 8.16. The van der Waals surface area contributed by atoms with Crippen LogP contribution in [0.15, 0.2) is 0 Å². The van der Waals surface area contributed by atoms with Crippen LogP contribution in [-0.4, -0.2) is 62.6 Å². The van der Waals surface area contributed by atoms with Crippen LogP contribution in [0, 0.1) is 5.92 Å². The van der Waals surface area contributed by atoms with E-state index in [2.05, 4.69) is 24.1 Å². The molecule has 0 saturated carbocycles. The van der Waals surface area contributed by atoms with Crippen LogP contribution < -0.4 is 5.32 Å². The molecule has 6 heteroatoms. The van der Waals surface area contributed by atoms with Crippen molar-refractivity contribution in [1.82, 2.24) is 10.2 Å². The lowest BCUT2D eigenvalue weighted by atomic mass is 10.2. The Morgan fingerprint density at radius 3 is 2.78 bits per heavy atom. The summed E-state index contributed by atoms with van der Waals surface area (Å²) in [5.74, 6) is 2.43. The van der Waals surface area contributed by atoms with E-state index in [1.54, 1.807) is 11.8 Å². The third kappa shape index (κ3) is 5.91. The summed E-state index contributed by atoms with van der Waals surface area (Å²) in [7, 11) is -2.95. The smallest absolute Gasteiger partial charge is 0.164 e. The molecule has 18 heavy (non-hydrogen) atoms. The predicted octanol–water partition coefficient (Wildman–Crippen LogP) is 1.04. The first kappa shape index (κ1) is 16.3. The average Bonchev–Trinajstić information content (AvgIpc) is 2.27. The zero-order valence-corrected chi connectivity index (χ0v) is 13.3. The molecule has 1 aliphatic rings. The highest BCUT2D eigenvalue weighted by Crippen LogP contribution is 2.20. The summed E-state index contributed by atoms with van der Waals surface area (Å²) in [6.07, 6.45) is 2.37. The molecule has 0 radical (unpaired) electrons. The summed E-state index contributed by atoms with van der Waals surface area (Å²) in [5.41, 5.74) is 0. The number of hydrogen-bond donors (Lipinski definition) is 1. The third-order valence-corrected chi connectivity index (χ3v) is 5.72. The van der Waals surface area contributed by atoms with E-state index < -0.39 is 9.84 Å². The van der Waals surface area contributed by atoms with E-state index in [-0.39, 0.29) is 5.37 Å². The van der Waals surface area contributed by atoms with Crippen LogP contribution in [0.4, 0.5) is 0 Å². The van der Waals surface area contributed by atoms with Gasteiger partial charge in [-0.1, -0.05) is 13.8 Å². The van der Waals surface area contributed by atoms with Crippen molar-refractivity contribution in [3.8, 4) is 0 Å². The van der Waals surface area contributed by atoms with Crippen molar-refractivity contribution < 1.29 is 8.42 Å². The lowest BCUT2D eigenvalue weighted by Crippen LogP contribution is -2.47. The van der Waals surface area contributed by atoms with Crippen LogP contribution >= 0.6 is 11.8 Å². The first-order valence-corrected chi connectivity index (χ1v) is 9.73. The van der Waals surface area contributed by atoms with Gasteiger partial charge in [0.25, 0.3) is 0 Å². The van der Waals surface area contributed by atoms with Gasteiger partial charge >= 0.3 is 0 Å². The Hall–Kier alpha value is 0.220. The number of rotatable bonds is 7. The van der Waals surface area contributed by atoms with Gasteiger partial charge in [0.15, 0.2) is 9.84 Å². The Morgan fingerprint density at radius 2 is 2.17 bits per heavy atom. The number of sulfone groups is 1. The maximum atomic E-state index is 11.7. The van der Waals surface area contributed by atoms with Gasteiger partial charge in [-0.2, -0.15) is 11.8 Å². The monoisotopic (exact) mass is 294 g/mol. The molecule has 0 aromatic heterocycles. The number of thioether (sulfide) groups is 1. The molecule has 0 aromatic carbocycles. The molecule has 108 valence electrons. The fraction of sp³-hybridized carbons (Fsp3) is 1.00. The van der Waals surface area contributed by atoms with E-state index in [1.807, 2.05) is 0 Å². The Morgan fingerprint density at radius 1 is 1.44 bits per heavy atom. The van der Waals surface area contributed by atoms with Crippen molar-refractivity contribution in [3.63, 3.8) is 0 Å². The second-order valence-electron chi connectivity index (χ2n) is 5.35. The van der Waals surface area contributed by atoms with Crippen molar-refractivity contribution in [1.29, 1.82) is 0 Å². The molecular formula is C12H26N2O2S2. The number of nitrogens with zero attached hydrogens (tertiary/aromatic N) is 1. The second-order valence-corrected chi connectivity index (χ2v) is 8.70. The van der Waals surface area contributed by atoms with Crippen molar-refractivity contribution in [2.75, 3.05) is 43.9 Å². The summed E-state index contributed by atoms with van der Waals surface area (Å²) >= 11 is 1.74. The first-order chi connectivity index (χ1) is 8.41. The van der Waals surface area contributed by atoms with Crippen LogP contribution in [-0.2, 0) is 9.84 Å². The van der Waals surface area contributed by atoms with Crippen molar-refractivity contribution >= 4 is 21.6 Å². The van der Waals surface area contributed by atoms with Gasteiger partial charge in [-0.15, -0.1) is 0 Å². The van der Waals surface area contributed by atoms with Gasteiger partial charge in [-0.25, -0.2) is 8.42 Å². The van der Waals surface area contributed by atoms with E-state index in [4.69, 9.17) is 0 Å². The van der Waals surface area contributed by atoms with Crippen molar-refractivity contribution in [2.45, 2.75) is 25.6 Å². The maximum Gasteiger partial charge on any atom is 0.164 e. The summed E-state index contributed by atoms with van der Waals surface area (Å²) < 4.78 is 23.4. The Bertz CT molecular complexity index is 331. The van der Waals surface area contributed by atoms with Crippen LogP contribution in [0.3, 0.4) is 0 Å². The van der Waals surface area contributed by atoms with Gasteiger partial charge in [0.1, 0.15) is 5.37 Å². The van der Waals surface area contributed by atoms with Crippen LogP contribution in [0.1, 0.15) is 20.3 Å². The Kier molecular flexibility index (Phi) is 6.98. The number of hydrogen-bond acceptors (Lipinski definition) is 5. The zero-order chi connectivity index (χ0) is 13.6. The van der Waals surface area contributed by atoms with Crippen molar-refractivity contribution in [2.24, 2.45) is 5.92 Å². The fourth-order valence-corrected chi connectivity index (χ4v) is 5.04. The Balaban J connectivity index is 2.30. The molecule has 1 N–H and O–H groups in total. The zero-order valence-electron chi connectivity index (χ0n) is 11.7. The highest BCUT2D eigenvalue weighted by Gasteiger charge is 2.30. The van der Waals surface area contributed by atoms with Crippen LogP contribution in [0.2, 0.25) is 0 Å². The molecular weight excluding hydrogens is 268 g/mol. The normalized spacial score (nSPS) is 22.6. The molecule has 1 aliphatic heterocycles. The standard InChI is InChI=1S/C12H26N2O2S2/c1-11(2)9-13-5-4-6-14-7-8-17-10-12(14)18(3,15)16/h11-13H,4-10H2,1-3H3. The van der Waals surface area contributed by atoms with E-state index in [0.29, 0.717) is 5.92 Å². The molecule has 1 heterocycles. The van der Waals surface area contributed by atoms with E-state index in [1.165, 1.54) is 6.26 Å². The summed E-state index contributed by atoms with van der Waals surface area (Å²) in [4.78, 5) is 2.13. The Labute approximate surface area is 116 Å². The summed E-state index contributed by atoms with van der Waals surface area (Å²) in [5, 5.41) is 3.12. The van der Waals surface area contributed by atoms with Gasteiger partial charge in [0.05, 0.1) is 0 Å². The molecule has 0 bridgehead atoms. The SMILES string of the molecule is CC(C)CNCCCN1CCSCC1S(C)(=O)=O. The van der Waals surface area contributed by atoms with E-state index in [9.17, 15) is 8.42 Å².